The summed E-state index contributed by atoms with van der Waals surface area (Å²) in [5.41, 5.74) is 8.07. The van der Waals surface area contributed by atoms with E-state index >= 15 is 0 Å². The maximum absolute atomic E-state index is 3.55. The minimum atomic E-state index is 0.592. The molecule has 0 spiro atoms. The van der Waals surface area contributed by atoms with E-state index < -0.39 is 0 Å². The average Bonchev–Trinajstić information content (AvgIpc) is 2.46. The molecule has 20 heavy (non-hydrogen) atoms. The fourth-order valence-corrected chi connectivity index (χ4v) is 2.55. The van der Waals surface area contributed by atoms with Crippen molar-refractivity contribution >= 4 is 11.4 Å². The molecule has 0 amide bonds. The highest BCUT2D eigenvalue weighted by Gasteiger charge is 2.15. The van der Waals surface area contributed by atoms with Crippen LogP contribution in [0.5, 0.6) is 0 Å². The summed E-state index contributed by atoms with van der Waals surface area (Å²) in [6, 6.07) is 13.5. The number of aryl methyl sites for hydroxylation is 1. The van der Waals surface area contributed by atoms with E-state index in [2.05, 4.69) is 62.5 Å². The molecule has 1 heteroatoms. The van der Waals surface area contributed by atoms with E-state index in [4.69, 9.17) is 0 Å². The number of hydrogen-bond acceptors (Lipinski definition) is 1. The zero-order chi connectivity index (χ0) is 14.7. The van der Waals surface area contributed by atoms with Crippen molar-refractivity contribution in [2.45, 2.75) is 47.0 Å². The molecule has 0 aliphatic carbocycles. The highest BCUT2D eigenvalue weighted by atomic mass is 14.9. The van der Waals surface area contributed by atoms with Crippen molar-refractivity contribution in [3.8, 4) is 0 Å². The first-order chi connectivity index (χ1) is 9.63. The Morgan fingerprint density at radius 3 is 2.35 bits per heavy atom. The number of fused-ring (bicyclic) bond motifs is 2. The molecule has 1 aliphatic rings. The highest BCUT2D eigenvalue weighted by molar-refractivity contribution is 5.72. The van der Waals surface area contributed by atoms with E-state index in [1.807, 2.05) is 13.8 Å². The number of nitrogens with one attached hydrogen (secondary N) is 1. The van der Waals surface area contributed by atoms with Crippen LogP contribution in [0.25, 0.3) is 0 Å². The zero-order valence-electron chi connectivity index (χ0n) is 13.2. The molecule has 0 saturated heterocycles. The third kappa shape index (κ3) is 2.87. The molecular formula is C19H25N. The number of rotatable bonds is 1. The third-order valence-corrected chi connectivity index (χ3v) is 3.71. The first kappa shape index (κ1) is 14.6. The minimum absolute atomic E-state index is 0.592. The summed E-state index contributed by atoms with van der Waals surface area (Å²) >= 11 is 0. The van der Waals surface area contributed by atoms with Gasteiger partial charge in [-0.25, -0.2) is 0 Å². The number of hydrogen-bond donors (Lipinski definition) is 1. The van der Waals surface area contributed by atoms with Crippen LogP contribution in [0.2, 0.25) is 0 Å². The Balaban J connectivity index is 0.000000704. The Morgan fingerprint density at radius 2 is 1.65 bits per heavy atom. The van der Waals surface area contributed by atoms with Crippen molar-refractivity contribution in [3.63, 3.8) is 0 Å². The van der Waals surface area contributed by atoms with Gasteiger partial charge in [-0.3, -0.25) is 0 Å². The quantitative estimate of drug-likeness (QED) is 0.588. The summed E-state index contributed by atoms with van der Waals surface area (Å²) in [5.74, 6) is 0.592. The topological polar surface area (TPSA) is 12.0 Å². The van der Waals surface area contributed by atoms with E-state index in [-0.39, 0.29) is 0 Å². The van der Waals surface area contributed by atoms with E-state index in [0.29, 0.717) is 5.92 Å². The normalized spacial score (nSPS) is 11.9. The summed E-state index contributed by atoms with van der Waals surface area (Å²) in [6.07, 6.45) is 1.04. The van der Waals surface area contributed by atoms with Crippen molar-refractivity contribution in [3.05, 3.63) is 58.7 Å². The molecule has 2 aromatic carbocycles. The fourth-order valence-electron chi connectivity index (χ4n) is 2.55. The van der Waals surface area contributed by atoms with Gasteiger partial charge >= 0.3 is 0 Å². The van der Waals surface area contributed by atoms with E-state index in [1.165, 1.54) is 33.6 Å². The second-order valence-corrected chi connectivity index (χ2v) is 5.53. The summed E-state index contributed by atoms with van der Waals surface area (Å²) in [4.78, 5) is 0. The van der Waals surface area contributed by atoms with Gasteiger partial charge in [-0.05, 0) is 47.2 Å². The molecule has 0 unspecified atom stereocenters. The summed E-state index contributed by atoms with van der Waals surface area (Å²) < 4.78 is 0. The molecule has 0 atom stereocenters. The molecule has 0 saturated carbocycles. The van der Waals surface area contributed by atoms with Crippen LogP contribution in [0.1, 0.15) is 55.9 Å². The van der Waals surface area contributed by atoms with Gasteiger partial charge in [-0.2, -0.15) is 0 Å². The van der Waals surface area contributed by atoms with Crippen molar-refractivity contribution in [2.75, 3.05) is 5.32 Å². The van der Waals surface area contributed by atoms with Crippen LogP contribution in [0.15, 0.2) is 36.4 Å². The van der Waals surface area contributed by atoms with Gasteiger partial charge in [0.1, 0.15) is 0 Å². The van der Waals surface area contributed by atoms with Crippen LogP contribution in [-0.2, 0) is 6.42 Å². The maximum atomic E-state index is 3.55. The molecule has 2 aromatic rings. The second-order valence-electron chi connectivity index (χ2n) is 5.53. The van der Waals surface area contributed by atoms with Gasteiger partial charge in [0.05, 0.1) is 0 Å². The van der Waals surface area contributed by atoms with Gasteiger partial charge in [0, 0.05) is 17.8 Å². The monoisotopic (exact) mass is 267 g/mol. The van der Waals surface area contributed by atoms with Gasteiger partial charge in [0.25, 0.3) is 0 Å². The lowest BCUT2D eigenvalue weighted by atomic mass is 9.92. The first-order valence-corrected chi connectivity index (χ1v) is 7.63. The molecule has 0 aromatic heterocycles. The van der Waals surface area contributed by atoms with E-state index in [9.17, 15) is 0 Å². The van der Waals surface area contributed by atoms with Crippen LogP contribution in [0, 0.1) is 6.92 Å². The van der Waals surface area contributed by atoms with Gasteiger partial charge < -0.3 is 5.32 Å². The fraction of sp³-hybridized carbons (Fsp3) is 0.368. The molecule has 1 nitrogen and oxygen atoms in total. The predicted molar refractivity (Wildman–Crippen MR) is 89.1 cm³/mol. The van der Waals surface area contributed by atoms with Crippen LogP contribution in [0.3, 0.4) is 0 Å². The molecule has 0 fully saturated rings. The van der Waals surface area contributed by atoms with Crippen LogP contribution < -0.4 is 5.32 Å². The number of anilines is 2. The van der Waals surface area contributed by atoms with Gasteiger partial charge in [0.15, 0.2) is 0 Å². The van der Waals surface area contributed by atoms with E-state index in [0.717, 1.165) is 6.42 Å². The molecule has 3 rings (SSSR count). The van der Waals surface area contributed by atoms with Crippen LogP contribution in [-0.4, -0.2) is 0 Å². The molecular weight excluding hydrogens is 242 g/mol. The molecule has 106 valence electrons. The van der Waals surface area contributed by atoms with Crippen molar-refractivity contribution in [2.24, 2.45) is 0 Å². The van der Waals surface area contributed by atoms with Crippen LogP contribution >= 0.6 is 0 Å². The third-order valence-electron chi connectivity index (χ3n) is 3.71. The van der Waals surface area contributed by atoms with Crippen molar-refractivity contribution in [1.29, 1.82) is 0 Å². The highest BCUT2D eigenvalue weighted by Crippen LogP contribution is 2.34. The molecule has 0 bridgehead atoms. The SMILES string of the molecule is CC.Cc1ccc2c(c1)Nc1ccc(C(C)C)cc1C2. The zero-order valence-corrected chi connectivity index (χ0v) is 13.2. The average molecular weight is 267 g/mol. The van der Waals surface area contributed by atoms with Gasteiger partial charge in [-0.1, -0.05) is 52.0 Å². The Labute approximate surface area is 123 Å². The lowest BCUT2D eigenvalue weighted by Crippen LogP contribution is -2.07. The smallest absolute Gasteiger partial charge is 0.0422 e. The summed E-state index contributed by atoms with van der Waals surface area (Å²) in [6.45, 7) is 10.6. The van der Waals surface area contributed by atoms with Crippen molar-refractivity contribution in [1.82, 2.24) is 0 Å². The minimum Gasteiger partial charge on any atom is -0.355 e. The lowest BCUT2D eigenvalue weighted by Gasteiger charge is -2.23. The summed E-state index contributed by atoms with van der Waals surface area (Å²) in [7, 11) is 0. The maximum Gasteiger partial charge on any atom is 0.0422 e. The number of benzene rings is 2. The second kappa shape index (κ2) is 6.13. The molecule has 1 aliphatic heterocycles. The first-order valence-electron chi connectivity index (χ1n) is 7.63. The van der Waals surface area contributed by atoms with E-state index in [1.54, 1.807) is 0 Å². The van der Waals surface area contributed by atoms with Crippen molar-refractivity contribution < 1.29 is 0 Å². The predicted octanol–water partition coefficient (Wildman–Crippen LogP) is 5.79. The Kier molecular flexibility index (Phi) is 4.49. The largest absolute Gasteiger partial charge is 0.355 e. The molecule has 1 N–H and O–H groups in total. The van der Waals surface area contributed by atoms with Crippen LogP contribution in [0.4, 0.5) is 11.4 Å². The summed E-state index contributed by atoms with van der Waals surface area (Å²) in [5, 5.41) is 3.55. The van der Waals surface area contributed by atoms with Gasteiger partial charge in [0.2, 0.25) is 0 Å². The Bertz CT molecular complexity index is 597. The Hall–Kier alpha value is -1.76. The molecule has 1 heterocycles. The lowest BCUT2D eigenvalue weighted by molar-refractivity contribution is 0.863. The Morgan fingerprint density at radius 1 is 0.900 bits per heavy atom. The van der Waals surface area contributed by atoms with Gasteiger partial charge in [-0.15, -0.1) is 0 Å². The molecule has 0 radical (unpaired) electrons. The standard InChI is InChI=1S/C17H19N.C2H6/c1-11(2)13-6-7-16-15(9-13)10-14-5-4-12(3)8-17(14)18-16;1-2/h4-9,11,18H,10H2,1-3H3;1-2H3.